The third kappa shape index (κ3) is 2.41. The van der Waals surface area contributed by atoms with Gasteiger partial charge in [0.15, 0.2) is 5.82 Å². The highest BCUT2D eigenvalue weighted by atomic mass is 79.9. The second-order valence-electron chi connectivity index (χ2n) is 4.49. The Labute approximate surface area is 111 Å². The van der Waals surface area contributed by atoms with Crippen LogP contribution >= 0.6 is 15.9 Å². The maximum atomic E-state index is 13.6. The van der Waals surface area contributed by atoms with Crippen LogP contribution in [0.4, 0.5) is 8.78 Å². The molecule has 0 atom stereocenters. The summed E-state index contributed by atoms with van der Waals surface area (Å²) >= 11 is 3.00. The number of nitrogens with two attached hydrogens (primary N) is 1. The van der Waals surface area contributed by atoms with Crippen molar-refractivity contribution >= 4 is 15.9 Å². The van der Waals surface area contributed by atoms with Crippen LogP contribution in [-0.4, -0.2) is 15.0 Å². The molecule has 1 aromatic heterocycles. The summed E-state index contributed by atoms with van der Waals surface area (Å²) in [5.74, 6) is -1.39. The fourth-order valence-electron chi connectivity index (χ4n) is 1.36. The van der Waals surface area contributed by atoms with E-state index in [1.165, 1.54) is 16.9 Å². The molecule has 1 aromatic carbocycles. The van der Waals surface area contributed by atoms with Gasteiger partial charge in [0.2, 0.25) is 0 Å². The van der Waals surface area contributed by atoms with Gasteiger partial charge in [-0.25, -0.2) is 13.5 Å². The molecule has 0 fully saturated rings. The Kier molecular flexibility index (Phi) is 3.20. The smallest absolute Gasteiger partial charge is 0.151 e. The van der Waals surface area contributed by atoms with Crippen LogP contribution in [0.1, 0.15) is 19.5 Å². The summed E-state index contributed by atoms with van der Waals surface area (Å²) in [6.07, 6.45) is 1.52. The number of halogens is 3. The van der Waals surface area contributed by atoms with Gasteiger partial charge in [-0.2, -0.15) is 0 Å². The van der Waals surface area contributed by atoms with Crippen LogP contribution in [0.3, 0.4) is 0 Å². The lowest BCUT2D eigenvalue weighted by Crippen LogP contribution is -2.29. The first kappa shape index (κ1) is 13.1. The third-order valence-corrected chi connectivity index (χ3v) is 3.00. The van der Waals surface area contributed by atoms with E-state index in [9.17, 15) is 8.78 Å². The molecule has 0 aliphatic rings. The highest BCUT2D eigenvalue weighted by Crippen LogP contribution is 2.23. The minimum atomic E-state index is -0.720. The molecular formula is C11H11BrF2N4. The molecule has 4 nitrogen and oxygen atoms in total. The minimum Gasteiger partial charge on any atom is -0.320 e. The SMILES string of the molecule is CC(C)(N)c1cn(-c2cc(Br)c(F)cc2F)nn1. The molecule has 0 aliphatic heterocycles. The lowest BCUT2D eigenvalue weighted by molar-refractivity contribution is 0.533. The van der Waals surface area contributed by atoms with Crippen molar-refractivity contribution in [3.8, 4) is 5.69 Å². The van der Waals surface area contributed by atoms with Gasteiger partial charge in [0, 0.05) is 6.07 Å². The fraction of sp³-hybridized carbons (Fsp3) is 0.273. The fourth-order valence-corrected chi connectivity index (χ4v) is 1.70. The molecule has 0 amide bonds. The zero-order chi connectivity index (χ0) is 13.5. The van der Waals surface area contributed by atoms with Crippen molar-refractivity contribution in [2.75, 3.05) is 0 Å². The molecule has 2 rings (SSSR count). The Morgan fingerprint density at radius 2 is 1.94 bits per heavy atom. The van der Waals surface area contributed by atoms with Crippen molar-refractivity contribution in [3.63, 3.8) is 0 Å². The van der Waals surface area contributed by atoms with E-state index >= 15 is 0 Å². The largest absolute Gasteiger partial charge is 0.320 e. The lowest BCUT2D eigenvalue weighted by Gasteiger charge is -2.13. The number of rotatable bonds is 2. The van der Waals surface area contributed by atoms with Crippen LogP contribution in [0.15, 0.2) is 22.8 Å². The molecule has 18 heavy (non-hydrogen) atoms. The second kappa shape index (κ2) is 4.40. The third-order valence-electron chi connectivity index (χ3n) is 2.39. The summed E-state index contributed by atoms with van der Waals surface area (Å²) in [6.45, 7) is 3.52. The van der Waals surface area contributed by atoms with E-state index in [0.717, 1.165) is 6.07 Å². The monoisotopic (exact) mass is 316 g/mol. The summed E-state index contributed by atoms with van der Waals surface area (Å²) in [7, 11) is 0. The molecule has 0 aliphatic carbocycles. The lowest BCUT2D eigenvalue weighted by atomic mass is 10.0. The second-order valence-corrected chi connectivity index (χ2v) is 5.34. The number of aromatic nitrogens is 3. The van der Waals surface area contributed by atoms with Gasteiger partial charge in [-0.05, 0) is 35.8 Å². The average Bonchev–Trinajstić information content (AvgIpc) is 2.72. The number of benzene rings is 1. The Hall–Kier alpha value is -1.34. The number of nitrogens with zero attached hydrogens (tertiary/aromatic N) is 3. The summed E-state index contributed by atoms with van der Waals surface area (Å²) in [6, 6.07) is 2.08. The molecule has 7 heteroatoms. The van der Waals surface area contributed by atoms with Crippen molar-refractivity contribution < 1.29 is 8.78 Å². The highest BCUT2D eigenvalue weighted by Gasteiger charge is 2.20. The molecular weight excluding hydrogens is 306 g/mol. The number of hydrogen-bond donors (Lipinski definition) is 1. The van der Waals surface area contributed by atoms with Crippen LogP contribution in [-0.2, 0) is 5.54 Å². The Balaban J connectivity index is 2.50. The Bertz CT molecular complexity index is 589. The summed E-state index contributed by atoms with van der Waals surface area (Å²) in [5, 5.41) is 7.66. The maximum absolute atomic E-state index is 13.6. The molecule has 0 unspecified atom stereocenters. The Morgan fingerprint density at radius 1 is 1.28 bits per heavy atom. The van der Waals surface area contributed by atoms with Gasteiger partial charge in [0.25, 0.3) is 0 Å². The Morgan fingerprint density at radius 3 is 2.50 bits per heavy atom. The van der Waals surface area contributed by atoms with Crippen molar-refractivity contribution in [1.29, 1.82) is 0 Å². The van der Waals surface area contributed by atoms with Crippen LogP contribution in [0.5, 0.6) is 0 Å². The van der Waals surface area contributed by atoms with E-state index < -0.39 is 17.2 Å². The van der Waals surface area contributed by atoms with E-state index in [2.05, 4.69) is 26.2 Å². The van der Waals surface area contributed by atoms with Gasteiger partial charge >= 0.3 is 0 Å². The molecule has 0 radical (unpaired) electrons. The summed E-state index contributed by atoms with van der Waals surface area (Å²) < 4.78 is 28.1. The quantitative estimate of drug-likeness (QED) is 0.866. The predicted molar refractivity (Wildman–Crippen MR) is 66.2 cm³/mol. The number of hydrogen-bond acceptors (Lipinski definition) is 3. The van der Waals surface area contributed by atoms with Gasteiger partial charge in [-0.1, -0.05) is 5.21 Å². The van der Waals surface area contributed by atoms with Crippen molar-refractivity contribution in [2.24, 2.45) is 5.73 Å². The van der Waals surface area contributed by atoms with E-state index in [1.807, 2.05) is 0 Å². The molecule has 0 saturated carbocycles. The summed E-state index contributed by atoms with van der Waals surface area (Å²) in [5.41, 5.74) is 5.81. The molecule has 0 saturated heterocycles. The van der Waals surface area contributed by atoms with Crippen LogP contribution < -0.4 is 5.73 Å². The first-order chi connectivity index (χ1) is 8.29. The zero-order valence-electron chi connectivity index (χ0n) is 9.78. The van der Waals surface area contributed by atoms with E-state index in [-0.39, 0.29) is 10.2 Å². The molecule has 2 aromatic rings. The average molecular weight is 317 g/mol. The van der Waals surface area contributed by atoms with Gasteiger partial charge in [0.05, 0.1) is 16.2 Å². The van der Waals surface area contributed by atoms with E-state index in [1.54, 1.807) is 13.8 Å². The predicted octanol–water partition coefficient (Wildman–Crippen LogP) is 2.50. The molecule has 1 heterocycles. The first-order valence-corrected chi connectivity index (χ1v) is 5.95. The van der Waals surface area contributed by atoms with Crippen LogP contribution in [0.25, 0.3) is 5.69 Å². The molecule has 0 spiro atoms. The van der Waals surface area contributed by atoms with Gasteiger partial charge < -0.3 is 5.73 Å². The zero-order valence-corrected chi connectivity index (χ0v) is 11.4. The van der Waals surface area contributed by atoms with E-state index in [4.69, 9.17) is 5.73 Å². The van der Waals surface area contributed by atoms with Gasteiger partial charge in [-0.3, -0.25) is 0 Å². The molecule has 2 N–H and O–H groups in total. The van der Waals surface area contributed by atoms with Gasteiger partial charge in [0.1, 0.15) is 17.2 Å². The van der Waals surface area contributed by atoms with E-state index in [0.29, 0.717) is 5.69 Å². The van der Waals surface area contributed by atoms with Crippen LogP contribution in [0, 0.1) is 11.6 Å². The molecule has 96 valence electrons. The maximum Gasteiger partial charge on any atom is 0.151 e. The van der Waals surface area contributed by atoms with Crippen molar-refractivity contribution in [1.82, 2.24) is 15.0 Å². The van der Waals surface area contributed by atoms with Gasteiger partial charge in [-0.15, -0.1) is 5.10 Å². The first-order valence-electron chi connectivity index (χ1n) is 5.15. The summed E-state index contributed by atoms with van der Waals surface area (Å²) in [4.78, 5) is 0. The normalized spacial score (nSPS) is 11.9. The topological polar surface area (TPSA) is 56.7 Å². The highest BCUT2D eigenvalue weighted by molar-refractivity contribution is 9.10. The minimum absolute atomic E-state index is 0.103. The van der Waals surface area contributed by atoms with Crippen molar-refractivity contribution in [2.45, 2.75) is 19.4 Å². The van der Waals surface area contributed by atoms with Crippen LogP contribution in [0.2, 0.25) is 0 Å². The molecule has 0 bridgehead atoms. The van der Waals surface area contributed by atoms with Crippen molar-refractivity contribution in [3.05, 3.63) is 40.1 Å². The standard InChI is InChI=1S/C11H11BrF2N4/c1-11(2,15)10-5-18(17-16-10)9-3-6(12)7(13)4-8(9)14/h3-5H,15H2,1-2H3.